The third-order valence-corrected chi connectivity index (χ3v) is 3.42. The van der Waals surface area contributed by atoms with Crippen LogP contribution in [0.1, 0.15) is 23.2 Å². The van der Waals surface area contributed by atoms with Gasteiger partial charge in [0.25, 0.3) is 0 Å². The lowest BCUT2D eigenvalue weighted by Gasteiger charge is -2.01. The smallest absolute Gasteiger partial charge is 0.120 e. The van der Waals surface area contributed by atoms with Crippen molar-refractivity contribution in [2.45, 2.75) is 26.7 Å². The average molecular weight is 215 g/mol. The number of rotatable bonds is 3. The molecule has 0 unspecified atom stereocenters. The van der Waals surface area contributed by atoms with E-state index in [0.717, 1.165) is 12.7 Å². The minimum Gasteiger partial charge on any atom is -0.348 e. The number of fused-ring (bicyclic) bond motifs is 1. The number of hydrogen-bond donors (Lipinski definition) is 0. The van der Waals surface area contributed by atoms with Gasteiger partial charge < -0.3 is 9.36 Å². The van der Waals surface area contributed by atoms with E-state index in [1.54, 1.807) is 0 Å². The molecule has 2 heteroatoms. The molecule has 84 valence electrons. The van der Waals surface area contributed by atoms with Crippen LogP contribution in [0.3, 0.4) is 0 Å². The number of aldehydes is 1. The molecule has 0 aliphatic rings. The highest BCUT2D eigenvalue weighted by molar-refractivity contribution is 5.85. The van der Waals surface area contributed by atoms with Crippen LogP contribution >= 0.6 is 0 Å². The van der Waals surface area contributed by atoms with E-state index in [4.69, 9.17) is 0 Å². The summed E-state index contributed by atoms with van der Waals surface area (Å²) < 4.78 is 2.22. The predicted octanol–water partition coefficient (Wildman–Crippen LogP) is 2.93. The van der Waals surface area contributed by atoms with Gasteiger partial charge in [-0.1, -0.05) is 12.1 Å². The summed E-state index contributed by atoms with van der Waals surface area (Å²) in [6.45, 7) is 4.29. The lowest BCUT2D eigenvalue weighted by Crippen LogP contribution is -1.91. The van der Waals surface area contributed by atoms with Crippen LogP contribution in [0.25, 0.3) is 10.9 Å². The second-order valence-corrected chi connectivity index (χ2v) is 4.33. The van der Waals surface area contributed by atoms with E-state index >= 15 is 0 Å². The van der Waals surface area contributed by atoms with Crippen molar-refractivity contribution in [2.75, 3.05) is 0 Å². The SMILES string of the molecule is Cc1c(C)n(C)c2cc(CCC=O)ccc12. The van der Waals surface area contributed by atoms with Crippen molar-refractivity contribution in [2.24, 2.45) is 7.05 Å². The molecule has 0 saturated carbocycles. The van der Waals surface area contributed by atoms with E-state index in [1.807, 2.05) is 0 Å². The first-order valence-electron chi connectivity index (χ1n) is 5.63. The van der Waals surface area contributed by atoms with E-state index in [-0.39, 0.29) is 0 Å². The van der Waals surface area contributed by atoms with Crippen LogP contribution in [0, 0.1) is 13.8 Å². The number of carbonyl (C=O) groups is 1. The first-order chi connectivity index (χ1) is 7.65. The van der Waals surface area contributed by atoms with Crippen LogP contribution in [0.5, 0.6) is 0 Å². The summed E-state index contributed by atoms with van der Waals surface area (Å²) in [5.41, 5.74) is 5.15. The summed E-state index contributed by atoms with van der Waals surface area (Å²) in [6.07, 6.45) is 2.42. The van der Waals surface area contributed by atoms with Gasteiger partial charge in [0.15, 0.2) is 0 Å². The Kier molecular flexibility index (Phi) is 2.82. The van der Waals surface area contributed by atoms with Gasteiger partial charge in [0, 0.05) is 30.1 Å². The fraction of sp³-hybridized carbons (Fsp3) is 0.357. The summed E-state index contributed by atoms with van der Waals surface area (Å²) in [6, 6.07) is 6.48. The topological polar surface area (TPSA) is 22.0 Å². The summed E-state index contributed by atoms with van der Waals surface area (Å²) >= 11 is 0. The Hall–Kier alpha value is -1.57. The minimum atomic E-state index is 0.605. The second kappa shape index (κ2) is 4.12. The Labute approximate surface area is 95.9 Å². The standard InChI is InChI=1S/C14H17NO/c1-10-11(2)15(3)14-9-12(5-4-8-16)6-7-13(10)14/h6-9H,4-5H2,1-3H3. The van der Waals surface area contributed by atoms with Crippen LogP contribution in [0.4, 0.5) is 0 Å². The van der Waals surface area contributed by atoms with Crippen molar-refractivity contribution in [1.29, 1.82) is 0 Å². The zero-order valence-corrected chi connectivity index (χ0v) is 10.1. The first-order valence-corrected chi connectivity index (χ1v) is 5.63. The van der Waals surface area contributed by atoms with Crippen molar-refractivity contribution in [3.8, 4) is 0 Å². The van der Waals surface area contributed by atoms with Gasteiger partial charge in [-0.25, -0.2) is 0 Å². The van der Waals surface area contributed by atoms with Crippen LogP contribution in [0.2, 0.25) is 0 Å². The van der Waals surface area contributed by atoms with Crippen molar-refractivity contribution in [3.63, 3.8) is 0 Å². The van der Waals surface area contributed by atoms with Crippen LogP contribution < -0.4 is 0 Å². The highest BCUT2D eigenvalue weighted by atomic mass is 16.1. The van der Waals surface area contributed by atoms with Crippen LogP contribution in [0.15, 0.2) is 18.2 Å². The highest BCUT2D eigenvalue weighted by Crippen LogP contribution is 2.25. The molecule has 0 bridgehead atoms. The maximum atomic E-state index is 10.4. The van der Waals surface area contributed by atoms with Crippen LogP contribution in [-0.4, -0.2) is 10.9 Å². The fourth-order valence-corrected chi connectivity index (χ4v) is 2.18. The van der Waals surface area contributed by atoms with Crippen molar-refractivity contribution >= 4 is 17.2 Å². The van der Waals surface area contributed by atoms with E-state index in [9.17, 15) is 4.79 Å². The van der Waals surface area contributed by atoms with Gasteiger partial charge in [-0.3, -0.25) is 0 Å². The predicted molar refractivity (Wildman–Crippen MR) is 66.8 cm³/mol. The Morgan fingerprint density at radius 2 is 2.06 bits per heavy atom. The molecule has 0 N–H and O–H groups in total. The van der Waals surface area contributed by atoms with Crippen molar-refractivity contribution < 1.29 is 4.79 Å². The highest BCUT2D eigenvalue weighted by Gasteiger charge is 2.08. The van der Waals surface area contributed by atoms with E-state index in [1.165, 1.54) is 27.7 Å². The Bertz CT molecular complexity index is 537. The number of aryl methyl sites for hydroxylation is 3. The molecule has 16 heavy (non-hydrogen) atoms. The largest absolute Gasteiger partial charge is 0.348 e. The lowest BCUT2D eigenvalue weighted by atomic mass is 10.1. The van der Waals surface area contributed by atoms with Gasteiger partial charge in [0.05, 0.1) is 0 Å². The van der Waals surface area contributed by atoms with E-state index in [2.05, 4.69) is 43.7 Å². The molecule has 0 radical (unpaired) electrons. The second-order valence-electron chi connectivity index (χ2n) is 4.33. The van der Waals surface area contributed by atoms with Gasteiger partial charge in [-0.05, 0) is 37.5 Å². The maximum Gasteiger partial charge on any atom is 0.120 e. The number of carbonyl (C=O) groups excluding carboxylic acids is 1. The summed E-state index contributed by atoms with van der Waals surface area (Å²) in [5.74, 6) is 0. The van der Waals surface area contributed by atoms with Crippen LogP contribution in [-0.2, 0) is 18.3 Å². The number of hydrogen-bond acceptors (Lipinski definition) is 1. The lowest BCUT2D eigenvalue weighted by molar-refractivity contribution is -0.107. The maximum absolute atomic E-state index is 10.4. The Morgan fingerprint density at radius 3 is 2.75 bits per heavy atom. The monoisotopic (exact) mass is 215 g/mol. The first kappa shape index (κ1) is 10.9. The molecule has 0 aliphatic heterocycles. The normalized spacial score (nSPS) is 10.9. The molecule has 0 aliphatic carbocycles. The fourth-order valence-electron chi connectivity index (χ4n) is 2.18. The Balaban J connectivity index is 2.53. The summed E-state index contributed by atoms with van der Waals surface area (Å²) in [7, 11) is 2.09. The van der Waals surface area contributed by atoms with Gasteiger partial charge in [0.1, 0.15) is 6.29 Å². The van der Waals surface area contributed by atoms with Crippen molar-refractivity contribution in [3.05, 3.63) is 35.0 Å². The quantitative estimate of drug-likeness (QED) is 0.721. The van der Waals surface area contributed by atoms with Gasteiger partial charge >= 0.3 is 0 Å². The molecule has 2 rings (SSSR count). The van der Waals surface area contributed by atoms with E-state index < -0.39 is 0 Å². The third kappa shape index (κ3) is 1.64. The zero-order chi connectivity index (χ0) is 11.7. The average Bonchev–Trinajstić information content (AvgIpc) is 2.52. The summed E-state index contributed by atoms with van der Waals surface area (Å²) in [4.78, 5) is 10.4. The Morgan fingerprint density at radius 1 is 1.31 bits per heavy atom. The summed E-state index contributed by atoms with van der Waals surface area (Å²) in [5, 5.41) is 1.31. The molecule has 2 nitrogen and oxygen atoms in total. The molecule has 1 aromatic carbocycles. The molecule has 0 spiro atoms. The molecule has 0 saturated heterocycles. The van der Waals surface area contributed by atoms with Gasteiger partial charge in [-0.15, -0.1) is 0 Å². The molecular weight excluding hydrogens is 198 g/mol. The number of nitrogens with zero attached hydrogens (tertiary/aromatic N) is 1. The van der Waals surface area contributed by atoms with Crippen molar-refractivity contribution in [1.82, 2.24) is 4.57 Å². The van der Waals surface area contributed by atoms with Gasteiger partial charge in [0.2, 0.25) is 0 Å². The van der Waals surface area contributed by atoms with E-state index in [0.29, 0.717) is 6.42 Å². The molecule has 0 fully saturated rings. The molecule has 2 aromatic rings. The molecule has 0 atom stereocenters. The number of benzene rings is 1. The zero-order valence-electron chi connectivity index (χ0n) is 10.1. The molecule has 1 aromatic heterocycles. The van der Waals surface area contributed by atoms with Gasteiger partial charge in [-0.2, -0.15) is 0 Å². The number of aromatic nitrogens is 1. The third-order valence-electron chi connectivity index (χ3n) is 3.42. The molecule has 1 heterocycles. The molecule has 0 amide bonds. The molecular formula is C14H17NO. The minimum absolute atomic E-state index is 0.605.